The Balaban J connectivity index is 1.17. The molecule has 0 amide bonds. The molecule has 0 aliphatic carbocycles. The van der Waals surface area contributed by atoms with Crippen molar-refractivity contribution >= 4 is 45.8 Å². The van der Waals surface area contributed by atoms with Gasteiger partial charge in [0, 0.05) is 43.7 Å². The van der Waals surface area contributed by atoms with Gasteiger partial charge in [0.25, 0.3) is 0 Å². The number of hydrogen-bond acceptors (Lipinski definition) is 8. The predicted octanol–water partition coefficient (Wildman–Crippen LogP) is 4.39. The van der Waals surface area contributed by atoms with Crippen molar-refractivity contribution in [3.8, 4) is 11.6 Å². The second-order valence-corrected chi connectivity index (χ2v) is 9.18. The second kappa shape index (κ2) is 13.0. The lowest BCUT2D eigenvalue weighted by atomic mass is 10.2. The highest BCUT2D eigenvalue weighted by Gasteiger charge is 2.19. The van der Waals surface area contributed by atoms with Crippen molar-refractivity contribution in [2.75, 3.05) is 57.6 Å². The third-order valence-corrected chi connectivity index (χ3v) is 6.78. The molecule has 0 radical (unpaired) electrons. The van der Waals surface area contributed by atoms with E-state index in [0.29, 0.717) is 22.5 Å². The predicted molar refractivity (Wildman–Crippen MR) is 140 cm³/mol. The molecule has 8 nitrogen and oxygen atoms in total. The van der Waals surface area contributed by atoms with Crippen LogP contribution in [0.15, 0.2) is 48.5 Å². The van der Waals surface area contributed by atoms with Crippen LogP contribution in [0.2, 0.25) is 10.0 Å². The number of aliphatic hydroxyl groups is 1. The summed E-state index contributed by atoms with van der Waals surface area (Å²) in [6, 6.07) is 15.1. The highest BCUT2D eigenvalue weighted by Crippen LogP contribution is 2.33. The number of unbranched alkanes of at least 4 members (excludes halogenated alkanes) is 1. The molecule has 1 saturated heterocycles. The largest absolute Gasteiger partial charge is 0.494 e. The number of anilines is 1. The molecular formula is C26H29Cl2N3O5. The molecule has 2 heterocycles. The van der Waals surface area contributed by atoms with Gasteiger partial charge >= 0.3 is 5.97 Å². The molecule has 1 fully saturated rings. The SMILES string of the molecule is O=C(CO)OCOc1ccc2ccc(OCCCCN3CCN(c4cccc(Cl)c4Cl)CC3)cc2n1. The average molecular weight is 534 g/mol. The number of aromatic nitrogens is 1. The van der Waals surface area contributed by atoms with Crippen LogP contribution in [-0.4, -0.2) is 73.7 Å². The first-order valence-corrected chi connectivity index (χ1v) is 12.6. The number of carbonyl (C=O) groups excluding carboxylic acids is 1. The zero-order chi connectivity index (χ0) is 25.3. The van der Waals surface area contributed by atoms with Crippen molar-refractivity contribution in [3.63, 3.8) is 0 Å². The van der Waals surface area contributed by atoms with Crippen molar-refractivity contribution in [2.45, 2.75) is 12.8 Å². The van der Waals surface area contributed by atoms with Gasteiger partial charge in [-0.2, -0.15) is 0 Å². The minimum atomic E-state index is -0.754. The van der Waals surface area contributed by atoms with E-state index in [1.165, 1.54) is 0 Å². The van der Waals surface area contributed by atoms with Gasteiger partial charge in [0.15, 0.2) is 0 Å². The minimum Gasteiger partial charge on any atom is -0.494 e. The smallest absolute Gasteiger partial charge is 0.334 e. The summed E-state index contributed by atoms with van der Waals surface area (Å²) in [5, 5.41) is 10.8. The van der Waals surface area contributed by atoms with E-state index in [9.17, 15) is 4.79 Å². The normalized spacial score (nSPS) is 14.1. The summed E-state index contributed by atoms with van der Waals surface area (Å²) in [5.74, 6) is 0.310. The van der Waals surface area contributed by atoms with Crippen LogP contribution in [0.3, 0.4) is 0 Å². The van der Waals surface area contributed by atoms with Crippen molar-refractivity contribution in [1.82, 2.24) is 9.88 Å². The first-order valence-electron chi connectivity index (χ1n) is 11.9. The molecule has 10 heteroatoms. The van der Waals surface area contributed by atoms with Crippen molar-refractivity contribution in [2.24, 2.45) is 0 Å². The molecule has 192 valence electrons. The molecule has 0 saturated carbocycles. The van der Waals surface area contributed by atoms with Crippen LogP contribution in [0.5, 0.6) is 11.6 Å². The first-order chi connectivity index (χ1) is 17.5. The number of rotatable bonds is 11. The van der Waals surface area contributed by atoms with E-state index in [2.05, 4.69) is 14.8 Å². The number of benzene rings is 2. The number of aliphatic hydroxyl groups excluding tert-OH is 1. The first kappa shape index (κ1) is 26.3. The van der Waals surface area contributed by atoms with E-state index >= 15 is 0 Å². The number of pyridine rings is 1. The molecule has 2 aromatic carbocycles. The van der Waals surface area contributed by atoms with E-state index in [1.54, 1.807) is 6.07 Å². The molecule has 0 atom stereocenters. The van der Waals surface area contributed by atoms with Crippen LogP contribution in [0.25, 0.3) is 10.9 Å². The summed E-state index contributed by atoms with van der Waals surface area (Å²) in [4.78, 5) is 20.2. The number of hydrogen-bond donors (Lipinski definition) is 1. The number of carbonyl (C=O) groups is 1. The molecule has 0 unspecified atom stereocenters. The molecule has 1 N–H and O–H groups in total. The van der Waals surface area contributed by atoms with Gasteiger partial charge in [-0.3, -0.25) is 4.90 Å². The third kappa shape index (κ3) is 7.13. The molecule has 1 aliphatic rings. The van der Waals surface area contributed by atoms with E-state index in [1.807, 2.05) is 42.5 Å². The fourth-order valence-electron chi connectivity index (χ4n) is 4.03. The summed E-state index contributed by atoms with van der Waals surface area (Å²) >= 11 is 12.5. The highest BCUT2D eigenvalue weighted by atomic mass is 35.5. The van der Waals surface area contributed by atoms with Crippen molar-refractivity contribution in [1.29, 1.82) is 0 Å². The van der Waals surface area contributed by atoms with Gasteiger partial charge in [0.1, 0.15) is 12.4 Å². The number of nitrogens with zero attached hydrogens (tertiary/aromatic N) is 3. The molecular weight excluding hydrogens is 505 g/mol. The van der Waals surface area contributed by atoms with Crippen LogP contribution in [0, 0.1) is 0 Å². The number of fused-ring (bicyclic) bond motifs is 1. The molecule has 36 heavy (non-hydrogen) atoms. The summed E-state index contributed by atoms with van der Waals surface area (Å²) in [7, 11) is 0. The highest BCUT2D eigenvalue weighted by molar-refractivity contribution is 6.43. The van der Waals surface area contributed by atoms with Gasteiger partial charge in [-0.1, -0.05) is 29.3 Å². The summed E-state index contributed by atoms with van der Waals surface area (Å²) in [5.41, 5.74) is 1.72. The van der Waals surface area contributed by atoms with Gasteiger partial charge in [-0.25, -0.2) is 9.78 Å². The Labute approximate surface area is 220 Å². The Morgan fingerprint density at radius 2 is 1.81 bits per heavy atom. The quantitative estimate of drug-likeness (QED) is 0.220. The second-order valence-electron chi connectivity index (χ2n) is 8.40. The van der Waals surface area contributed by atoms with Gasteiger partial charge in [0.2, 0.25) is 12.7 Å². The van der Waals surface area contributed by atoms with E-state index in [0.717, 1.165) is 67.9 Å². The molecule has 0 bridgehead atoms. The minimum absolute atomic E-state index is 0.308. The topological polar surface area (TPSA) is 84.4 Å². The van der Waals surface area contributed by atoms with Crippen molar-refractivity contribution in [3.05, 3.63) is 58.6 Å². The van der Waals surface area contributed by atoms with Gasteiger partial charge in [-0.15, -0.1) is 0 Å². The number of esters is 1. The Hall–Kier alpha value is -2.78. The van der Waals surface area contributed by atoms with Crippen LogP contribution < -0.4 is 14.4 Å². The average Bonchev–Trinajstić information content (AvgIpc) is 2.90. The molecule has 1 aromatic heterocycles. The summed E-state index contributed by atoms with van der Waals surface area (Å²) < 4.78 is 15.9. The molecule has 0 spiro atoms. The van der Waals surface area contributed by atoms with Crippen LogP contribution in [0.4, 0.5) is 5.69 Å². The lowest BCUT2D eigenvalue weighted by Crippen LogP contribution is -2.46. The van der Waals surface area contributed by atoms with Crippen LogP contribution in [0.1, 0.15) is 12.8 Å². The number of piperazine rings is 1. The Bertz CT molecular complexity index is 1170. The van der Waals surface area contributed by atoms with Crippen LogP contribution >= 0.6 is 23.2 Å². The monoisotopic (exact) mass is 533 g/mol. The number of halogens is 2. The summed E-state index contributed by atoms with van der Waals surface area (Å²) in [6.07, 6.45) is 2.00. The lowest BCUT2D eigenvalue weighted by Gasteiger charge is -2.36. The number of ether oxygens (including phenoxy) is 3. The molecule has 3 aromatic rings. The Morgan fingerprint density at radius 3 is 2.61 bits per heavy atom. The Morgan fingerprint density at radius 1 is 1.00 bits per heavy atom. The summed E-state index contributed by atoms with van der Waals surface area (Å²) in [6.45, 7) is 4.49. The zero-order valence-electron chi connectivity index (χ0n) is 19.9. The van der Waals surface area contributed by atoms with Gasteiger partial charge in [-0.05, 0) is 49.7 Å². The van der Waals surface area contributed by atoms with E-state index in [-0.39, 0.29) is 6.79 Å². The zero-order valence-corrected chi connectivity index (χ0v) is 21.4. The fourth-order valence-corrected chi connectivity index (χ4v) is 4.44. The standard InChI is InChI=1S/C26H29Cl2N3O5/c27-21-4-3-5-23(26(21)28)31-13-11-30(12-14-31)10-1-2-15-34-20-8-6-19-7-9-24(29-22(19)16-20)35-18-36-25(33)17-32/h3-9,16,32H,1-2,10-15,17-18H2. The molecule has 1 aliphatic heterocycles. The maximum atomic E-state index is 11.0. The van der Waals surface area contributed by atoms with Crippen LogP contribution in [-0.2, 0) is 9.53 Å². The third-order valence-electron chi connectivity index (χ3n) is 5.98. The lowest BCUT2D eigenvalue weighted by molar-refractivity contribution is -0.153. The van der Waals surface area contributed by atoms with E-state index < -0.39 is 12.6 Å². The van der Waals surface area contributed by atoms with Gasteiger partial charge in [0.05, 0.1) is 27.9 Å². The maximum Gasteiger partial charge on any atom is 0.334 e. The van der Waals surface area contributed by atoms with E-state index in [4.69, 9.17) is 42.5 Å². The van der Waals surface area contributed by atoms with Gasteiger partial charge < -0.3 is 24.2 Å². The van der Waals surface area contributed by atoms with Crippen molar-refractivity contribution < 1.29 is 24.1 Å². The fraction of sp³-hybridized carbons (Fsp3) is 0.385. The maximum absolute atomic E-state index is 11.0. The molecule has 4 rings (SSSR count). The Kier molecular flexibility index (Phi) is 9.47.